The molecule has 0 spiro atoms. The van der Waals surface area contributed by atoms with Gasteiger partial charge in [0.15, 0.2) is 11.5 Å². The lowest BCUT2D eigenvalue weighted by molar-refractivity contribution is -0.116. The van der Waals surface area contributed by atoms with Crippen molar-refractivity contribution in [3.8, 4) is 11.5 Å². The predicted molar refractivity (Wildman–Crippen MR) is 91.7 cm³/mol. The second-order valence-electron chi connectivity index (χ2n) is 5.27. The van der Waals surface area contributed by atoms with Crippen LogP contribution in [0.5, 0.6) is 11.5 Å². The van der Waals surface area contributed by atoms with Gasteiger partial charge in [0.05, 0.1) is 7.11 Å². The van der Waals surface area contributed by atoms with Crippen LogP contribution in [0.1, 0.15) is 16.7 Å². The maximum absolute atomic E-state index is 12.3. The van der Waals surface area contributed by atoms with E-state index in [4.69, 9.17) is 4.74 Å². The summed E-state index contributed by atoms with van der Waals surface area (Å²) in [4.78, 5) is 11.9. The van der Waals surface area contributed by atoms with E-state index in [0.717, 1.165) is 11.1 Å². The highest BCUT2D eigenvalue weighted by atomic mass is 19.3. The van der Waals surface area contributed by atoms with Crippen LogP contribution in [0.4, 0.5) is 8.78 Å². The van der Waals surface area contributed by atoms with Crippen molar-refractivity contribution in [3.05, 3.63) is 65.2 Å². The van der Waals surface area contributed by atoms with Crippen LogP contribution >= 0.6 is 0 Å². The second-order valence-corrected chi connectivity index (χ2v) is 5.27. The van der Waals surface area contributed by atoms with Crippen molar-refractivity contribution in [2.24, 2.45) is 0 Å². The molecule has 6 heteroatoms. The molecule has 2 rings (SSSR count). The first kappa shape index (κ1) is 18.4. The van der Waals surface area contributed by atoms with Crippen LogP contribution in [0.3, 0.4) is 0 Å². The Morgan fingerprint density at radius 3 is 2.64 bits per heavy atom. The number of carbonyl (C=O) groups is 1. The summed E-state index contributed by atoms with van der Waals surface area (Å²) in [5.74, 6) is -0.121. The smallest absolute Gasteiger partial charge is 0.387 e. The summed E-state index contributed by atoms with van der Waals surface area (Å²) < 4.78 is 34.0. The van der Waals surface area contributed by atoms with Crippen LogP contribution in [-0.2, 0) is 11.3 Å². The Balaban J connectivity index is 1.96. The average Bonchev–Trinajstić information content (AvgIpc) is 2.59. The fraction of sp³-hybridized carbons (Fsp3) is 0.211. The van der Waals surface area contributed by atoms with Crippen LogP contribution in [0, 0.1) is 6.92 Å². The Morgan fingerprint density at radius 2 is 1.96 bits per heavy atom. The number of nitrogens with one attached hydrogen (secondary N) is 1. The number of hydrogen-bond donors (Lipinski definition) is 1. The molecule has 2 aromatic rings. The first-order chi connectivity index (χ1) is 12.0. The maximum Gasteiger partial charge on any atom is 0.387 e. The molecule has 1 amide bonds. The predicted octanol–water partition coefficient (Wildman–Crippen LogP) is 3.93. The number of amides is 1. The average molecular weight is 347 g/mol. The molecule has 4 nitrogen and oxygen atoms in total. The topological polar surface area (TPSA) is 47.6 Å². The standard InChI is InChI=1S/C19H19F2NO3/c1-13-5-3-4-6-15(13)8-10-18(23)22-12-14-7-9-16(25-19(20)21)17(11-14)24-2/h3-11,19H,12H2,1-2H3,(H,22,23)/b10-8+. The monoisotopic (exact) mass is 347 g/mol. The molecular weight excluding hydrogens is 328 g/mol. The van der Waals surface area contributed by atoms with E-state index in [2.05, 4.69) is 10.1 Å². The van der Waals surface area contributed by atoms with Gasteiger partial charge in [0.25, 0.3) is 0 Å². The van der Waals surface area contributed by atoms with Gasteiger partial charge in [-0.05, 0) is 41.8 Å². The van der Waals surface area contributed by atoms with E-state index in [-0.39, 0.29) is 24.0 Å². The van der Waals surface area contributed by atoms with E-state index in [0.29, 0.717) is 5.56 Å². The minimum Gasteiger partial charge on any atom is -0.493 e. The zero-order chi connectivity index (χ0) is 18.2. The van der Waals surface area contributed by atoms with Gasteiger partial charge in [0.1, 0.15) is 0 Å². The van der Waals surface area contributed by atoms with Crippen molar-refractivity contribution in [1.29, 1.82) is 0 Å². The molecule has 2 aromatic carbocycles. The molecule has 0 unspecified atom stereocenters. The minimum absolute atomic E-state index is 0.0491. The first-order valence-corrected chi connectivity index (χ1v) is 7.63. The van der Waals surface area contributed by atoms with Crippen LogP contribution in [0.15, 0.2) is 48.5 Å². The molecular formula is C19H19F2NO3. The lowest BCUT2D eigenvalue weighted by Gasteiger charge is -2.11. The number of methoxy groups -OCH3 is 1. The van der Waals surface area contributed by atoms with Crippen LogP contribution < -0.4 is 14.8 Å². The molecule has 0 aliphatic rings. The fourth-order valence-corrected chi connectivity index (χ4v) is 2.20. The van der Waals surface area contributed by atoms with Gasteiger partial charge < -0.3 is 14.8 Å². The maximum atomic E-state index is 12.3. The summed E-state index contributed by atoms with van der Waals surface area (Å²) >= 11 is 0. The van der Waals surface area contributed by atoms with Crippen molar-refractivity contribution >= 4 is 12.0 Å². The largest absolute Gasteiger partial charge is 0.493 e. The van der Waals surface area contributed by atoms with Crippen LogP contribution in [0.25, 0.3) is 6.08 Å². The SMILES string of the molecule is COc1cc(CNC(=O)/C=C/c2ccccc2C)ccc1OC(F)F. The summed E-state index contributed by atoms with van der Waals surface area (Å²) in [5, 5.41) is 2.73. The zero-order valence-electron chi connectivity index (χ0n) is 14.0. The van der Waals surface area contributed by atoms with Gasteiger partial charge in [0.2, 0.25) is 5.91 Å². The van der Waals surface area contributed by atoms with Crippen LogP contribution in [-0.4, -0.2) is 19.6 Å². The minimum atomic E-state index is -2.92. The molecule has 0 aromatic heterocycles. The van der Waals surface area contributed by atoms with Crippen LogP contribution in [0.2, 0.25) is 0 Å². The molecule has 0 radical (unpaired) electrons. The molecule has 1 N–H and O–H groups in total. The highest BCUT2D eigenvalue weighted by Gasteiger charge is 2.11. The molecule has 0 bridgehead atoms. The number of halogens is 2. The van der Waals surface area contributed by atoms with Crippen molar-refractivity contribution in [3.63, 3.8) is 0 Å². The summed E-state index contributed by atoms with van der Waals surface area (Å²) in [7, 11) is 1.36. The van der Waals surface area contributed by atoms with Gasteiger partial charge in [-0.1, -0.05) is 30.3 Å². The summed E-state index contributed by atoms with van der Waals surface area (Å²) in [6, 6.07) is 12.2. The highest BCUT2D eigenvalue weighted by Crippen LogP contribution is 2.29. The van der Waals surface area contributed by atoms with E-state index in [1.165, 1.54) is 19.3 Å². The fourth-order valence-electron chi connectivity index (χ4n) is 2.20. The first-order valence-electron chi connectivity index (χ1n) is 7.63. The highest BCUT2D eigenvalue weighted by molar-refractivity contribution is 5.91. The number of carbonyl (C=O) groups excluding carboxylic acids is 1. The number of aryl methyl sites for hydroxylation is 1. The van der Waals surface area contributed by atoms with Gasteiger partial charge in [-0.25, -0.2) is 0 Å². The molecule has 0 fully saturated rings. The van der Waals surface area contributed by atoms with Gasteiger partial charge in [-0.15, -0.1) is 0 Å². The molecule has 0 saturated heterocycles. The molecule has 0 atom stereocenters. The summed E-state index contributed by atoms with van der Waals surface area (Å²) in [6.07, 6.45) is 3.19. The normalized spacial score (nSPS) is 10.9. The molecule has 25 heavy (non-hydrogen) atoms. The van der Waals surface area contributed by atoms with E-state index in [1.807, 2.05) is 31.2 Å². The lowest BCUT2D eigenvalue weighted by atomic mass is 10.1. The number of rotatable bonds is 7. The summed E-state index contributed by atoms with van der Waals surface area (Å²) in [6.45, 7) is -0.721. The number of ether oxygens (including phenoxy) is 2. The molecule has 132 valence electrons. The second kappa shape index (κ2) is 8.82. The number of hydrogen-bond acceptors (Lipinski definition) is 3. The van der Waals surface area contributed by atoms with Gasteiger partial charge in [0, 0.05) is 12.6 Å². The zero-order valence-corrected chi connectivity index (χ0v) is 14.0. The Morgan fingerprint density at radius 1 is 1.20 bits per heavy atom. The molecule has 0 heterocycles. The van der Waals surface area contributed by atoms with E-state index in [1.54, 1.807) is 18.2 Å². The number of alkyl halides is 2. The summed E-state index contributed by atoms with van der Waals surface area (Å²) in [5.41, 5.74) is 2.75. The Labute approximate surface area is 145 Å². The third-order valence-electron chi connectivity index (χ3n) is 3.51. The van der Waals surface area contributed by atoms with Crippen molar-refractivity contribution in [2.45, 2.75) is 20.1 Å². The van der Waals surface area contributed by atoms with Gasteiger partial charge in [-0.3, -0.25) is 4.79 Å². The van der Waals surface area contributed by atoms with E-state index < -0.39 is 6.61 Å². The van der Waals surface area contributed by atoms with E-state index >= 15 is 0 Å². The Kier molecular flexibility index (Phi) is 6.51. The molecule has 0 saturated carbocycles. The molecule has 0 aliphatic heterocycles. The lowest BCUT2D eigenvalue weighted by Crippen LogP contribution is -2.20. The Bertz CT molecular complexity index is 760. The van der Waals surface area contributed by atoms with Gasteiger partial charge >= 0.3 is 6.61 Å². The Hall–Kier alpha value is -2.89. The van der Waals surface area contributed by atoms with Crippen molar-refractivity contribution in [2.75, 3.05) is 7.11 Å². The van der Waals surface area contributed by atoms with Gasteiger partial charge in [-0.2, -0.15) is 8.78 Å². The number of benzene rings is 2. The third-order valence-corrected chi connectivity index (χ3v) is 3.51. The van der Waals surface area contributed by atoms with E-state index in [9.17, 15) is 13.6 Å². The van der Waals surface area contributed by atoms with Crippen molar-refractivity contribution < 1.29 is 23.0 Å². The quantitative estimate of drug-likeness (QED) is 0.772. The van der Waals surface area contributed by atoms with Crippen molar-refractivity contribution in [1.82, 2.24) is 5.32 Å². The third kappa shape index (κ3) is 5.60. The molecule has 0 aliphatic carbocycles.